The van der Waals surface area contributed by atoms with Gasteiger partial charge in [-0.1, -0.05) is 17.2 Å². The molecular formula is C8H7N5O. The highest BCUT2D eigenvalue weighted by Crippen LogP contribution is 2.28. The minimum atomic E-state index is -0.240. The quantitative estimate of drug-likeness (QED) is 0.396. The Balaban J connectivity index is 2.51. The summed E-state index contributed by atoms with van der Waals surface area (Å²) in [6.45, 7) is 0.385. The van der Waals surface area contributed by atoms with Crippen molar-refractivity contribution in [3.63, 3.8) is 0 Å². The molecule has 0 fully saturated rings. The molecule has 0 radical (unpaired) electrons. The van der Waals surface area contributed by atoms with Crippen molar-refractivity contribution in [3.05, 3.63) is 34.2 Å². The number of rotatable bonds is 1. The second kappa shape index (κ2) is 3.27. The minimum absolute atomic E-state index is 0.240. The van der Waals surface area contributed by atoms with Crippen LogP contribution < -0.4 is 10.6 Å². The second-order valence-electron chi connectivity index (χ2n) is 2.80. The molecule has 1 aliphatic rings. The molecule has 6 heteroatoms. The first-order valence-electron chi connectivity index (χ1n) is 4.03. The molecule has 2 rings (SSSR count). The summed E-state index contributed by atoms with van der Waals surface area (Å²) in [5.74, 6) is 0. The van der Waals surface area contributed by atoms with Crippen LogP contribution in [0.5, 0.6) is 0 Å². The van der Waals surface area contributed by atoms with E-state index >= 15 is 0 Å². The van der Waals surface area contributed by atoms with Gasteiger partial charge in [0.25, 0.3) is 0 Å². The predicted octanol–water partition coefficient (Wildman–Crippen LogP) is 2.26. The highest BCUT2D eigenvalue weighted by atomic mass is 16.2. The van der Waals surface area contributed by atoms with Gasteiger partial charge >= 0.3 is 6.03 Å². The van der Waals surface area contributed by atoms with E-state index in [2.05, 4.69) is 20.7 Å². The zero-order valence-electron chi connectivity index (χ0n) is 7.19. The lowest BCUT2D eigenvalue weighted by molar-refractivity contribution is 0.251. The molecule has 0 aromatic heterocycles. The first-order chi connectivity index (χ1) is 6.81. The number of fused-ring (bicyclic) bond motifs is 1. The molecule has 6 nitrogen and oxygen atoms in total. The van der Waals surface area contributed by atoms with E-state index in [1.54, 1.807) is 18.2 Å². The standard InChI is InChI=1S/C8H7N5O/c9-13-12-7-3-1-2-6-5(7)4-10-8(14)11-6/h1-3H,4H2,(H2,10,11,14). The number of amides is 2. The van der Waals surface area contributed by atoms with E-state index in [0.717, 1.165) is 5.56 Å². The van der Waals surface area contributed by atoms with Crippen molar-refractivity contribution in [2.24, 2.45) is 5.11 Å². The predicted molar refractivity (Wildman–Crippen MR) is 51.1 cm³/mol. The lowest BCUT2D eigenvalue weighted by Crippen LogP contribution is -2.33. The normalized spacial score (nSPS) is 13.3. The lowest BCUT2D eigenvalue weighted by atomic mass is 10.1. The average molecular weight is 189 g/mol. The molecule has 0 spiro atoms. The Labute approximate surface area is 79.6 Å². The van der Waals surface area contributed by atoms with Crippen LogP contribution in [0, 0.1) is 0 Å². The van der Waals surface area contributed by atoms with Crippen LogP contribution in [0.1, 0.15) is 5.56 Å². The fourth-order valence-electron chi connectivity index (χ4n) is 1.35. The Morgan fingerprint density at radius 3 is 3.14 bits per heavy atom. The summed E-state index contributed by atoms with van der Waals surface area (Å²) in [4.78, 5) is 13.7. The SMILES string of the molecule is [N-]=[N+]=Nc1cccc2c1CNC(=O)N2. The molecule has 0 unspecified atom stereocenters. The highest BCUT2D eigenvalue weighted by Gasteiger charge is 2.15. The zero-order valence-corrected chi connectivity index (χ0v) is 7.19. The molecule has 1 aromatic carbocycles. The van der Waals surface area contributed by atoms with Crippen molar-refractivity contribution in [1.82, 2.24) is 5.32 Å². The van der Waals surface area contributed by atoms with Crippen LogP contribution in [0.15, 0.2) is 23.3 Å². The summed E-state index contributed by atoms with van der Waals surface area (Å²) in [5, 5.41) is 8.76. The van der Waals surface area contributed by atoms with Crippen molar-refractivity contribution in [2.75, 3.05) is 5.32 Å². The van der Waals surface area contributed by atoms with Crippen LogP contribution in [0.2, 0.25) is 0 Å². The number of hydrogen-bond donors (Lipinski definition) is 2. The molecule has 0 bridgehead atoms. The van der Waals surface area contributed by atoms with E-state index in [1.807, 2.05) is 0 Å². The Kier molecular flexibility index (Phi) is 1.96. The van der Waals surface area contributed by atoms with Gasteiger partial charge < -0.3 is 10.6 Å². The molecule has 14 heavy (non-hydrogen) atoms. The maximum Gasteiger partial charge on any atom is 0.319 e. The van der Waals surface area contributed by atoms with E-state index in [1.165, 1.54) is 0 Å². The van der Waals surface area contributed by atoms with Gasteiger partial charge in [-0.2, -0.15) is 0 Å². The molecule has 2 amide bonds. The number of benzene rings is 1. The summed E-state index contributed by atoms with van der Waals surface area (Å²) in [7, 11) is 0. The largest absolute Gasteiger partial charge is 0.334 e. The Hall–Kier alpha value is -2.20. The molecule has 1 aromatic rings. The number of azide groups is 1. The number of nitrogens with zero attached hydrogens (tertiary/aromatic N) is 3. The summed E-state index contributed by atoms with van der Waals surface area (Å²) < 4.78 is 0. The average Bonchev–Trinajstić information content (AvgIpc) is 2.18. The van der Waals surface area contributed by atoms with Crippen molar-refractivity contribution in [2.45, 2.75) is 6.54 Å². The first kappa shape index (κ1) is 8.40. The van der Waals surface area contributed by atoms with Crippen LogP contribution in [-0.2, 0) is 6.54 Å². The van der Waals surface area contributed by atoms with Gasteiger partial charge in [0.15, 0.2) is 0 Å². The third-order valence-corrected chi connectivity index (χ3v) is 1.98. The highest BCUT2D eigenvalue weighted by molar-refractivity contribution is 5.93. The minimum Gasteiger partial charge on any atom is -0.334 e. The fraction of sp³-hybridized carbons (Fsp3) is 0.125. The van der Waals surface area contributed by atoms with Crippen molar-refractivity contribution in [1.29, 1.82) is 0 Å². The number of hydrogen-bond acceptors (Lipinski definition) is 2. The van der Waals surface area contributed by atoms with Gasteiger partial charge in [-0.3, -0.25) is 0 Å². The Morgan fingerprint density at radius 2 is 2.36 bits per heavy atom. The van der Waals surface area contributed by atoms with Crippen molar-refractivity contribution < 1.29 is 4.79 Å². The summed E-state index contributed by atoms with van der Waals surface area (Å²) >= 11 is 0. The molecule has 0 saturated carbocycles. The van der Waals surface area contributed by atoms with Crippen LogP contribution in [0.25, 0.3) is 10.4 Å². The molecule has 1 aliphatic heterocycles. The summed E-state index contributed by atoms with van der Waals surface area (Å²) in [6, 6.07) is 4.96. The van der Waals surface area contributed by atoms with Crippen LogP contribution in [-0.4, -0.2) is 6.03 Å². The number of nitrogens with one attached hydrogen (secondary N) is 2. The van der Waals surface area contributed by atoms with Gasteiger partial charge in [0.2, 0.25) is 0 Å². The monoisotopic (exact) mass is 189 g/mol. The zero-order chi connectivity index (χ0) is 9.97. The molecular weight excluding hydrogens is 182 g/mol. The third-order valence-electron chi connectivity index (χ3n) is 1.98. The van der Waals surface area contributed by atoms with Crippen LogP contribution in [0.3, 0.4) is 0 Å². The van der Waals surface area contributed by atoms with E-state index < -0.39 is 0 Å². The van der Waals surface area contributed by atoms with E-state index in [-0.39, 0.29) is 6.03 Å². The molecule has 0 aliphatic carbocycles. The first-order valence-corrected chi connectivity index (χ1v) is 4.03. The topological polar surface area (TPSA) is 89.9 Å². The third kappa shape index (κ3) is 1.34. The van der Waals surface area contributed by atoms with E-state index in [4.69, 9.17) is 5.53 Å². The molecule has 2 N–H and O–H groups in total. The fourth-order valence-corrected chi connectivity index (χ4v) is 1.35. The molecule has 70 valence electrons. The summed E-state index contributed by atoms with van der Waals surface area (Å²) in [5.41, 5.74) is 10.4. The van der Waals surface area contributed by atoms with Gasteiger partial charge in [0.1, 0.15) is 0 Å². The van der Waals surface area contributed by atoms with E-state index in [0.29, 0.717) is 17.9 Å². The van der Waals surface area contributed by atoms with Gasteiger partial charge in [-0.15, -0.1) is 0 Å². The number of anilines is 1. The van der Waals surface area contributed by atoms with Gasteiger partial charge in [-0.05, 0) is 11.6 Å². The summed E-state index contributed by atoms with van der Waals surface area (Å²) in [6.07, 6.45) is 0. The lowest BCUT2D eigenvalue weighted by Gasteiger charge is -2.19. The molecule has 0 atom stereocenters. The van der Waals surface area contributed by atoms with E-state index in [9.17, 15) is 4.79 Å². The Bertz CT molecular complexity index is 435. The van der Waals surface area contributed by atoms with Crippen LogP contribution >= 0.6 is 0 Å². The number of carbonyl (C=O) groups is 1. The second-order valence-corrected chi connectivity index (χ2v) is 2.80. The molecule has 0 saturated heterocycles. The van der Waals surface area contributed by atoms with Crippen LogP contribution in [0.4, 0.5) is 16.2 Å². The Morgan fingerprint density at radius 1 is 1.50 bits per heavy atom. The van der Waals surface area contributed by atoms with Crippen molar-refractivity contribution >= 4 is 17.4 Å². The van der Waals surface area contributed by atoms with Gasteiger partial charge in [0.05, 0.1) is 0 Å². The number of urea groups is 1. The molecule has 1 heterocycles. The smallest absolute Gasteiger partial charge is 0.319 e. The van der Waals surface area contributed by atoms with Gasteiger partial charge in [-0.25, -0.2) is 4.79 Å². The van der Waals surface area contributed by atoms with Gasteiger partial charge in [0, 0.05) is 28.4 Å². The maximum atomic E-state index is 11.0. The number of carbonyl (C=O) groups excluding carboxylic acids is 1. The van der Waals surface area contributed by atoms with Crippen molar-refractivity contribution in [3.8, 4) is 0 Å². The maximum absolute atomic E-state index is 11.0.